The van der Waals surface area contributed by atoms with Gasteiger partial charge in [0.1, 0.15) is 4.90 Å². The average molecular weight is 308 g/mol. The maximum Gasteiger partial charge on any atom is 0.328 e. The number of aromatic nitrogens is 3. The van der Waals surface area contributed by atoms with Gasteiger partial charge in [-0.1, -0.05) is 0 Å². The van der Waals surface area contributed by atoms with Crippen molar-refractivity contribution in [1.29, 1.82) is 0 Å². The predicted octanol–water partition coefficient (Wildman–Crippen LogP) is 0.714. The van der Waals surface area contributed by atoms with Crippen LogP contribution >= 0.6 is 0 Å². The number of carboxylic acid groups (broad SMARTS) is 1. The molecule has 0 bridgehead atoms. The van der Waals surface area contributed by atoms with E-state index in [9.17, 15) is 13.2 Å². The van der Waals surface area contributed by atoms with E-state index in [2.05, 4.69) is 14.8 Å². The molecule has 0 saturated heterocycles. The lowest BCUT2D eigenvalue weighted by atomic mass is 10.2. The summed E-state index contributed by atoms with van der Waals surface area (Å²) in [5.74, 6) is -0.946. The van der Waals surface area contributed by atoms with Crippen LogP contribution in [-0.4, -0.2) is 34.3 Å². The minimum Gasteiger partial charge on any atom is -0.478 e. The fraction of sp³-hybridized carbons (Fsp3) is 0.0833. The molecule has 0 aliphatic rings. The second-order valence-electron chi connectivity index (χ2n) is 4.11. The minimum atomic E-state index is -3.83. The van der Waals surface area contributed by atoms with Gasteiger partial charge in [-0.25, -0.2) is 13.2 Å². The molecule has 2 heterocycles. The normalized spacial score (nSPS) is 11.7. The molecule has 0 fully saturated rings. The number of nitrogens with zero attached hydrogens (tertiary/aromatic N) is 3. The van der Waals surface area contributed by atoms with Crippen LogP contribution in [-0.2, 0) is 21.9 Å². The van der Waals surface area contributed by atoms with Gasteiger partial charge in [0.2, 0.25) is 0 Å². The first-order valence-corrected chi connectivity index (χ1v) is 7.24. The second kappa shape index (κ2) is 5.75. The number of rotatable bonds is 5. The number of sulfonamides is 1. The number of aryl methyl sites for hydroxylation is 1. The molecule has 0 saturated carbocycles. The summed E-state index contributed by atoms with van der Waals surface area (Å²) in [7, 11) is -2.17. The number of nitrogens with one attached hydrogen (secondary N) is 1. The topological polar surface area (TPSA) is 114 Å². The van der Waals surface area contributed by atoms with Crippen LogP contribution in [0.15, 0.2) is 41.7 Å². The molecule has 0 amide bonds. The molecule has 9 heteroatoms. The molecule has 0 aromatic carbocycles. The van der Waals surface area contributed by atoms with Gasteiger partial charge in [-0.3, -0.25) is 14.4 Å². The fourth-order valence-electron chi connectivity index (χ4n) is 1.51. The van der Waals surface area contributed by atoms with E-state index < -0.39 is 16.0 Å². The monoisotopic (exact) mass is 308 g/mol. The van der Waals surface area contributed by atoms with Crippen LogP contribution in [0, 0.1) is 0 Å². The van der Waals surface area contributed by atoms with Crippen LogP contribution in [0.5, 0.6) is 0 Å². The van der Waals surface area contributed by atoms with Crippen LogP contribution < -0.4 is 4.72 Å². The highest BCUT2D eigenvalue weighted by molar-refractivity contribution is 7.92. The molecule has 110 valence electrons. The molecule has 0 unspecified atom stereocenters. The van der Waals surface area contributed by atoms with Gasteiger partial charge in [0.15, 0.2) is 5.82 Å². The third-order valence-corrected chi connectivity index (χ3v) is 3.74. The Morgan fingerprint density at radius 1 is 1.43 bits per heavy atom. The van der Waals surface area contributed by atoms with Crippen molar-refractivity contribution in [3.8, 4) is 0 Å². The van der Waals surface area contributed by atoms with Crippen LogP contribution in [0.2, 0.25) is 0 Å². The van der Waals surface area contributed by atoms with E-state index in [1.165, 1.54) is 35.3 Å². The number of aliphatic carboxylic acids is 1. The molecular weight excluding hydrogens is 296 g/mol. The Morgan fingerprint density at radius 3 is 2.81 bits per heavy atom. The van der Waals surface area contributed by atoms with Crippen molar-refractivity contribution in [2.24, 2.45) is 7.05 Å². The van der Waals surface area contributed by atoms with E-state index in [4.69, 9.17) is 5.11 Å². The van der Waals surface area contributed by atoms with Gasteiger partial charge in [0, 0.05) is 37.8 Å². The quantitative estimate of drug-likeness (QED) is 0.786. The zero-order valence-electron chi connectivity index (χ0n) is 11.0. The summed E-state index contributed by atoms with van der Waals surface area (Å²) in [6.45, 7) is 0. The number of carboxylic acids is 1. The summed E-state index contributed by atoms with van der Waals surface area (Å²) in [6, 6.07) is 2.83. The number of anilines is 1. The van der Waals surface area contributed by atoms with E-state index >= 15 is 0 Å². The Bertz CT molecular complexity index is 795. The Morgan fingerprint density at radius 2 is 2.19 bits per heavy atom. The van der Waals surface area contributed by atoms with Crippen LogP contribution in [0.4, 0.5) is 5.82 Å². The summed E-state index contributed by atoms with van der Waals surface area (Å²) >= 11 is 0. The highest BCUT2D eigenvalue weighted by Crippen LogP contribution is 2.15. The van der Waals surface area contributed by atoms with Gasteiger partial charge in [0.05, 0.1) is 0 Å². The van der Waals surface area contributed by atoms with E-state index in [-0.39, 0.29) is 10.7 Å². The third-order valence-electron chi connectivity index (χ3n) is 2.42. The second-order valence-corrected chi connectivity index (χ2v) is 5.79. The summed E-state index contributed by atoms with van der Waals surface area (Å²) in [6.07, 6.45) is 6.29. The summed E-state index contributed by atoms with van der Waals surface area (Å²) < 4.78 is 28.1. The van der Waals surface area contributed by atoms with Crippen molar-refractivity contribution < 1.29 is 18.3 Å². The molecule has 0 aliphatic heterocycles. The lowest BCUT2D eigenvalue weighted by molar-refractivity contribution is -0.131. The first-order valence-electron chi connectivity index (χ1n) is 5.75. The zero-order valence-corrected chi connectivity index (χ0v) is 11.8. The predicted molar refractivity (Wildman–Crippen MR) is 74.9 cm³/mol. The molecule has 21 heavy (non-hydrogen) atoms. The number of pyridine rings is 1. The summed E-state index contributed by atoms with van der Waals surface area (Å²) in [5, 5.41) is 12.5. The van der Waals surface area contributed by atoms with Gasteiger partial charge in [-0.2, -0.15) is 5.10 Å². The zero-order chi connectivity index (χ0) is 15.5. The van der Waals surface area contributed by atoms with Gasteiger partial charge >= 0.3 is 5.97 Å². The first kappa shape index (κ1) is 14.7. The Kier molecular flexibility index (Phi) is 4.03. The molecule has 0 atom stereocenters. The SMILES string of the molecule is Cn1ccc(NS(=O)(=O)c2cncc(C=CC(=O)O)c2)n1. The van der Waals surface area contributed by atoms with Crippen LogP contribution in [0.25, 0.3) is 6.08 Å². The third kappa shape index (κ3) is 3.89. The largest absolute Gasteiger partial charge is 0.478 e. The number of hydrogen-bond acceptors (Lipinski definition) is 5. The van der Waals surface area contributed by atoms with E-state index in [0.29, 0.717) is 5.56 Å². The van der Waals surface area contributed by atoms with Crippen molar-refractivity contribution in [1.82, 2.24) is 14.8 Å². The van der Waals surface area contributed by atoms with Crippen molar-refractivity contribution >= 4 is 27.9 Å². The average Bonchev–Trinajstić information content (AvgIpc) is 2.81. The summed E-state index contributed by atoms with van der Waals surface area (Å²) in [5.41, 5.74) is 0.362. The van der Waals surface area contributed by atoms with Gasteiger partial charge in [0.25, 0.3) is 10.0 Å². The molecule has 8 nitrogen and oxygen atoms in total. The van der Waals surface area contributed by atoms with Crippen molar-refractivity contribution in [3.05, 3.63) is 42.4 Å². The van der Waals surface area contributed by atoms with Crippen molar-refractivity contribution in [2.75, 3.05) is 4.72 Å². The Hall–Kier alpha value is -2.68. The lowest BCUT2D eigenvalue weighted by Gasteiger charge is -2.05. The Labute approximate surface area is 120 Å². The molecular formula is C12H12N4O4S. The molecule has 2 aromatic rings. The maximum absolute atomic E-state index is 12.2. The summed E-state index contributed by atoms with van der Waals surface area (Å²) in [4.78, 5) is 14.2. The van der Waals surface area contributed by atoms with E-state index in [0.717, 1.165) is 6.08 Å². The van der Waals surface area contributed by atoms with Crippen molar-refractivity contribution in [3.63, 3.8) is 0 Å². The molecule has 0 radical (unpaired) electrons. The van der Waals surface area contributed by atoms with Crippen molar-refractivity contribution in [2.45, 2.75) is 4.90 Å². The van der Waals surface area contributed by atoms with Crippen LogP contribution in [0.1, 0.15) is 5.56 Å². The molecule has 2 aromatic heterocycles. The highest BCUT2D eigenvalue weighted by atomic mass is 32.2. The number of hydrogen-bond donors (Lipinski definition) is 2. The van der Waals surface area contributed by atoms with Crippen LogP contribution in [0.3, 0.4) is 0 Å². The highest BCUT2D eigenvalue weighted by Gasteiger charge is 2.16. The minimum absolute atomic E-state index is 0.0827. The molecule has 0 aliphatic carbocycles. The fourth-order valence-corrected chi connectivity index (χ4v) is 2.50. The number of carbonyl (C=O) groups is 1. The first-order chi connectivity index (χ1) is 9.87. The van der Waals surface area contributed by atoms with Gasteiger partial charge in [-0.15, -0.1) is 0 Å². The lowest BCUT2D eigenvalue weighted by Crippen LogP contribution is -2.14. The maximum atomic E-state index is 12.2. The molecule has 2 N–H and O–H groups in total. The Balaban J connectivity index is 2.27. The smallest absolute Gasteiger partial charge is 0.328 e. The van der Waals surface area contributed by atoms with E-state index in [1.807, 2.05) is 0 Å². The standard InChI is InChI=1S/C12H12N4O4S/c1-16-5-4-11(14-16)15-21(19,20)10-6-9(7-13-8-10)2-3-12(17)18/h2-8H,1H3,(H,14,15)(H,17,18). The molecule has 0 spiro atoms. The van der Waals surface area contributed by atoms with E-state index in [1.54, 1.807) is 13.2 Å². The van der Waals surface area contributed by atoms with Gasteiger partial charge in [-0.05, 0) is 17.7 Å². The molecule has 2 rings (SSSR count). The van der Waals surface area contributed by atoms with Gasteiger partial charge < -0.3 is 5.11 Å².